The van der Waals surface area contributed by atoms with Crippen molar-refractivity contribution >= 4 is 11.7 Å². The van der Waals surface area contributed by atoms with E-state index < -0.39 is 0 Å². The number of hydrogen-bond donors (Lipinski definition) is 1. The van der Waals surface area contributed by atoms with Crippen molar-refractivity contribution in [2.45, 2.75) is 64.3 Å². The highest BCUT2D eigenvalue weighted by Crippen LogP contribution is 2.27. The Hall–Kier alpha value is -1.32. The van der Waals surface area contributed by atoms with Crippen LogP contribution in [0.5, 0.6) is 0 Å². The molecule has 4 heteroatoms. The number of rotatable bonds is 7. The number of nitrogens with zero attached hydrogens (tertiary/aromatic N) is 1. The number of nitrogens with one attached hydrogen (secondary N) is 1. The van der Waals surface area contributed by atoms with Crippen molar-refractivity contribution in [2.24, 2.45) is 0 Å². The zero-order valence-electron chi connectivity index (χ0n) is 11.8. The summed E-state index contributed by atoms with van der Waals surface area (Å²) in [6.07, 6.45) is 9.86. The van der Waals surface area contributed by atoms with Gasteiger partial charge in [0.25, 0.3) is 0 Å². The summed E-state index contributed by atoms with van der Waals surface area (Å²) in [5.41, 5.74) is 0. The second-order valence-electron chi connectivity index (χ2n) is 5.50. The normalized spacial score (nSPS) is 21.5. The van der Waals surface area contributed by atoms with Gasteiger partial charge in [0.05, 0.1) is 6.04 Å². The molecule has 0 aromatic carbocycles. The first kappa shape index (κ1) is 14.1. The molecule has 0 radical (unpaired) electrons. The van der Waals surface area contributed by atoms with Crippen LogP contribution in [0.2, 0.25) is 0 Å². The highest BCUT2D eigenvalue weighted by atomic mass is 16.2. The van der Waals surface area contributed by atoms with E-state index >= 15 is 0 Å². The summed E-state index contributed by atoms with van der Waals surface area (Å²) in [7, 11) is 0. The van der Waals surface area contributed by atoms with Crippen LogP contribution >= 0.6 is 0 Å². The molecule has 2 heterocycles. The van der Waals surface area contributed by atoms with Crippen LogP contribution in [0.4, 0.5) is 0 Å². The van der Waals surface area contributed by atoms with Crippen LogP contribution in [-0.2, 0) is 9.59 Å². The van der Waals surface area contributed by atoms with Crippen LogP contribution in [0.25, 0.3) is 0 Å². The van der Waals surface area contributed by atoms with Crippen molar-refractivity contribution < 1.29 is 9.59 Å². The van der Waals surface area contributed by atoms with Gasteiger partial charge in [-0.15, -0.1) is 0 Å². The van der Waals surface area contributed by atoms with Gasteiger partial charge >= 0.3 is 0 Å². The summed E-state index contributed by atoms with van der Waals surface area (Å²) in [4.78, 5) is 25.6. The Labute approximate surface area is 115 Å². The fourth-order valence-electron chi connectivity index (χ4n) is 2.87. The van der Waals surface area contributed by atoms with Crippen LogP contribution in [-0.4, -0.2) is 29.2 Å². The van der Waals surface area contributed by atoms with Gasteiger partial charge in [-0.1, -0.05) is 32.6 Å². The predicted molar refractivity (Wildman–Crippen MR) is 74.3 cm³/mol. The second-order valence-corrected chi connectivity index (χ2v) is 5.50. The van der Waals surface area contributed by atoms with Crippen molar-refractivity contribution in [2.75, 3.05) is 6.54 Å². The average molecular weight is 264 g/mol. The molecule has 2 rings (SSSR count). The quantitative estimate of drug-likeness (QED) is 0.718. The molecule has 1 amide bonds. The van der Waals surface area contributed by atoms with Crippen LogP contribution in [0, 0.1) is 0 Å². The van der Waals surface area contributed by atoms with Crippen molar-refractivity contribution in [3.63, 3.8) is 0 Å². The number of fused-ring (bicyclic) bond motifs is 1. The molecule has 1 saturated heterocycles. The number of carbonyl (C=O) groups is 2. The highest BCUT2D eigenvalue weighted by Gasteiger charge is 2.36. The first-order chi connectivity index (χ1) is 9.22. The fourth-order valence-corrected chi connectivity index (χ4v) is 2.87. The third kappa shape index (κ3) is 3.58. The van der Waals surface area contributed by atoms with Crippen LogP contribution in [0.15, 0.2) is 11.9 Å². The molecule has 106 valence electrons. The average Bonchev–Trinajstić information content (AvgIpc) is 2.95. The summed E-state index contributed by atoms with van der Waals surface area (Å²) in [5, 5.41) is 2.90. The number of ketones is 1. The van der Waals surface area contributed by atoms with Crippen LogP contribution in [0.3, 0.4) is 0 Å². The molecule has 0 spiro atoms. The Bertz CT molecular complexity index is 376. The number of carbonyl (C=O) groups excluding carboxylic acids is 2. The van der Waals surface area contributed by atoms with Crippen molar-refractivity contribution in [3.05, 3.63) is 11.9 Å². The van der Waals surface area contributed by atoms with Crippen LogP contribution < -0.4 is 5.32 Å². The smallest absolute Gasteiger partial charge is 0.225 e. The number of unbranched alkanes of at least 4 members (excludes halogenated alkanes) is 4. The van der Waals surface area contributed by atoms with E-state index in [1.54, 1.807) is 6.08 Å². The maximum Gasteiger partial charge on any atom is 0.225 e. The Morgan fingerprint density at radius 2 is 2.16 bits per heavy atom. The molecule has 1 unspecified atom stereocenters. The summed E-state index contributed by atoms with van der Waals surface area (Å²) in [6.45, 7) is 3.07. The third-order valence-electron chi connectivity index (χ3n) is 3.94. The summed E-state index contributed by atoms with van der Waals surface area (Å²) in [6, 6.07) is -0.000135. The van der Waals surface area contributed by atoms with E-state index in [0.29, 0.717) is 6.42 Å². The predicted octanol–water partition coefficient (Wildman–Crippen LogP) is 2.35. The Balaban J connectivity index is 1.71. The summed E-state index contributed by atoms with van der Waals surface area (Å²) in [5.74, 6) is 0.921. The molecule has 0 aromatic heterocycles. The molecule has 0 aliphatic carbocycles. The number of amides is 1. The molecule has 0 aromatic rings. The lowest BCUT2D eigenvalue weighted by molar-refractivity contribution is -0.121. The minimum atomic E-state index is -0.000135. The lowest BCUT2D eigenvalue weighted by Crippen LogP contribution is -2.35. The number of hydrogen-bond acceptors (Lipinski definition) is 3. The Morgan fingerprint density at radius 3 is 2.95 bits per heavy atom. The molecule has 4 nitrogen and oxygen atoms in total. The standard InChI is InChI=1S/C15H24N2O2/c1-2-3-4-5-6-9-15(19)16-14-11-13(18)12-8-7-10-17(12)14/h11-12H,2-10H2,1H3,(H,16,19). The zero-order chi connectivity index (χ0) is 13.7. The van der Waals surface area contributed by atoms with E-state index in [9.17, 15) is 9.59 Å². The van der Waals surface area contributed by atoms with Gasteiger partial charge in [-0.2, -0.15) is 0 Å². The molecular formula is C15H24N2O2. The summed E-state index contributed by atoms with van der Waals surface area (Å²) < 4.78 is 0. The van der Waals surface area contributed by atoms with Gasteiger partial charge in [-0.25, -0.2) is 0 Å². The minimum absolute atomic E-state index is 0.000135. The second kappa shape index (κ2) is 6.73. The first-order valence-corrected chi connectivity index (χ1v) is 7.54. The maximum atomic E-state index is 11.8. The molecule has 0 saturated carbocycles. The van der Waals surface area contributed by atoms with Gasteiger partial charge in [0.15, 0.2) is 5.78 Å². The van der Waals surface area contributed by atoms with Gasteiger partial charge in [-0.05, 0) is 19.3 Å². The van der Waals surface area contributed by atoms with Gasteiger partial charge in [0, 0.05) is 19.0 Å². The van der Waals surface area contributed by atoms with E-state index in [1.807, 2.05) is 4.90 Å². The monoisotopic (exact) mass is 264 g/mol. The topological polar surface area (TPSA) is 49.4 Å². The zero-order valence-corrected chi connectivity index (χ0v) is 11.8. The van der Waals surface area contributed by atoms with E-state index in [0.717, 1.165) is 38.0 Å². The van der Waals surface area contributed by atoms with Gasteiger partial charge in [-0.3, -0.25) is 9.59 Å². The Kier molecular flexibility index (Phi) is 5.00. The first-order valence-electron chi connectivity index (χ1n) is 7.54. The molecule has 19 heavy (non-hydrogen) atoms. The van der Waals surface area contributed by atoms with Gasteiger partial charge < -0.3 is 10.2 Å². The van der Waals surface area contributed by atoms with Crippen molar-refractivity contribution in [3.8, 4) is 0 Å². The molecule has 2 aliphatic rings. The molecule has 1 atom stereocenters. The molecule has 2 aliphatic heterocycles. The largest absolute Gasteiger partial charge is 0.348 e. The van der Waals surface area contributed by atoms with Gasteiger partial charge in [0.1, 0.15) is 5.82 Å². The Morgan fingerprint density at radius 1 is 1.37 bits per heavy atom. The molecule has 1 N–H and O–H groups in total. The lowest BCUT2D eigenvalue weighted by Gasteiger charge is -2.21. The fraction of sp³-hybridized carbons (Fsp3) is 0.733. The molecule has 1 fully saturated rings. The maximum absolute atomic E-state index is 11.8. The highest BCUT2D eigenvalue weighted by molar-refractivity contribution is 5.98. The van der Waals surface area contributed by atoms with Crippen molar-refractivity contribution in [1.29, 1.82) is 0 Å². The summed E-state index contributed by atoms with van der Waals surface area (Å²) >= 11 is 0. The SMILES string of the molecule is CCCCCCCC(=O)NC1=CC(=O)C2CCCN12. The lowest BCUT2D eigenvalue weighted by atomic mass is 10.1. The van der Waals surface area contributed by atoms with Crippen molar-refractivity contribution in [1.82, 2.24) is 10.2 Å². The van der Waals surface area contributed by atoms with E-state index in [-0.39, 0.29) is 17.7 Å². The van der Waals surface area contributed by atoms with E-state index in [1.165, 1.54) is 19.3 Å². The third-order valence-corrected chi connectivity index (χ3v) is 3.94. The van der Waals surface area contributed by atoms with E-state index in [2.05, 4.69) is 12.2 Å². The molecular weight excluding hydrogens is 240 g/mol. The van der Waals surface area contributed by atoms with E-state index in [4.69, 9.17) is 0 Å². The minimum Gasteiger partial charge on any atom is -0.348 e. The van der Waals surface area contributed by atoms with Gasteiger partial charge in [0.2, 0.25) is 5.91 Å². The van der Waals surface area contributed by atoms with Crippen LogP contribution in [0.1, 0.15) is 58.3 Å². The molecule has 0 bridgehead atoms.